The molecule has 12 nitrogen and oxygen atoms in total. The number of cyclic esters (lactones) is 1. The van der Waals surface area contributed by atoms with Crippen LogP contribution < -0.4 is 0 Å². The second-order valence-electron chi connectivity index (χ2n) is 17.6. The highest BCUT2D eigenvalue weighted by Gasteiger charge is 2.56. The Kier molecular flexibility index (Phi) is 17.6. The van der Waals surface area contributed by atoms with Crippen molar-refractivity contribution in [2.75, 3.05) is 27.9 Å². The van der Waals surface area contributed by atoms with Crippen LogP contribution in [0.5, 0.6) is 0 Å². The summed E-state index contributed by atoms with van der Waals surface area (Å²) in [6.07, 6.45) is 7.42. The van der Waals surface area contributed by atoms with Gasteiger partial charge in [-0.2, -0.15) is 0 Å². The lowest BCUT2D eigenvalue weighted by Gasteiger charge is -2.47. The summed E-state index contributed by atoms with van der Waals surface area (Å²) in [6.45, 7) is 11.5. The van der Waals surface area contributed by atoms with Gasteiger partial charge in [-0.05, 0) is 96.0 Å². The van der Waals surface area contributed by atoms with Crippen molar-refractivity contribution in [2.45, 2.75) is 178 Å². The molecule has 1 aliphatic carbocycles. The third-order valence-electron chi connectivity index (χ3n) is 13.0. The Morgan fingerprint density at radius 3 is 2.33 bits per heavy atom. The molecule has 4 rings (SSSR count). The van der Waals surface area contributed by atoms with Gasteiger partial charge in [0.25, 0.3) is 11.7 Å². The number of aliphatic hydroxyl groups excluding tert-OH is 1. The Bertz CT molecular complexity index is 1470. The number of methoxy groups -OCH3 is 3. The van der Waals surface area contributed by atoms with Gasteiger partial charge in [0.15, 0.2) is 0 Å². The van der Waals surface area contributed by atoms with E-state index in [1.807, 2.05) is 32.9 Å². The number of piperidine rings is 1. The summed E-state index contributed by atoms with van der Waals surface area (Å²) in [4.78, 5) is 58.1. The minimum atomic E-state index is -2.49. The molecule has 0 aromatic carbocycles. The van der Waals surface area contributed by atoms with Crippen LogP contribution in [-0.2, 0) is 42.9 Å². The lowest BCUT2D eigenvalue weighted by molar-refractivity contribution is -0.302. The molecule has 2 N–H and O–H groups in total. The van der Waals surface area contributed by atoms with Crippen LogP contribution in [0.15, 0.2) is 23.3 Å². The second kappa shape index (κ2) is 21.0. The van der Waals surface area contributed by atoms with E-state index in [-0.39, 0.29) is 43.6 Å². The molecular formula is C44H70BrNO11. The number of fused-ring (bicyclic) bond motifs is 3. The van der Waals surface area contributed by atoms with Gasteiger partial charge in [-0.15, -0.1) is 0 Å². The Labute approximate surface area is 348 Å². The summed E-state index contributed by atoms with van der Waals surface area (Å²) >= 11 is 3.95. The van der Waals surface area contributed by atoms with Gasteiger partial charge in [-0.3, -0.25) is 14.4 Å². The Hall–Kier alpha value is -2.00. The number of aliphatic hydroxyl groups is 2. The Balaban J connectivity index is 1.79. The number of nitrogens with zero attached hydrogens (tertiary/aromatic N) is 1. The van der Waals surface area contributed by atoms with E-state index < -0.39 is 82.1 Å². The molecule has 57 heavy (non-hydrogen) atoms. The number of allylic oxidation sites excluding steroid dienone is 3. The quantitative estimate of drug-likeness (QED) is 0.126. The van der Waals surface area contributed by atoms with Crippen LogP contribution in [0.2, 0.25) is 0 Å². The molecule has 2 bridgehead atoms. The maximum Gasteiger partial charge on any atom is 0.329 e. The number of carbonyl (C=O) groups excluding carboxylic acids is 4. The zero-order valence-electron chi connectivity index (χ0n) is 35.8. The highest BCUT2D eigenvalue weighted by Crippen LogP contribution is 2.41. The number of rotatable bonds is 7. The number of hydrogen-bond acceptors (Lipinski definition) is 11. The smallest absolute Gasteiger partial charge is 0.329 e. The fourth-order valence-electron chi connectivity index (χ4n) is 9.61. The van der Waals surface area contributed by atoms with Crippen molar-refractivity contribution < 1.29 is 53.1 Å². The third-order valence-corrected chi connectivity index (χ3v) is 13.9. The predicted molar refractivity (Wildman–Crippen MR) is 219 cm³/mol. The van der Waals surface area contributed by atoms with Crippen molar-refractivity contribution in [3.8, 4) is 0 Å². The normalized spacial score (nSPS) is 40.1. The van der Waals surface area contributed by atoms with E-state index in [1.165, 1.54) is 4.90 Å². The van der Waals surface area contributed by atoms with Gasteiger partial charge >= 0.3 is 5.97 Å². The number of halogens is 1. The molecule has 13 heteroatoms. The molecule has 0 spiro atoms. The van der Waals surface area contributed by atoms with Crippen LogP contribution >= 0.6 is 15.9 Å². The third kappa shape index (κ3) is 11.6. The fourth-order valence-corrected chi connectivity index (χ4v) is 10.6. The highest BCUT2D eigenvalue weighted by molar-refractivity contribution is 9.10. The SMILES string of the molecule is CCCC1C=C(C)CC(C)CC(OC)C2OC(O)(C(=O)C(=O)N3CCCCC3C(=O)OC(C(C)=CC3(Br)CCCC(OC)C3)C(C)C(O)CC1=O)C(C)CC2OC. The van der Waals surface area contributed by atoms with Crippen molar-refractivity contribution in [1.82, 2.24) is 4.90 Å². The average molecular weight is 869 g/mol. The lowest BCUT2D eigenvalue weighted by atomic mass is 9.82. The molecule has 13 unspecified atom stereocenters. The molecule has 2 saturated heterocycles. The molecule has 3 fully saturated rings. The summed E-state index contributed by atoms with van der Waals surface area (Å²) in [5.74, 6) is -7.33. The first-order chi connectivity index (χ1) is 26.9. The van der Waals surface area contributed by atoms with Crippen LogP contribution in [0.1, 0.15) is 125 Å². The molecular weight excluding hydrogens is 798 g/mol. The van der Waals surface area contributed by atoms with Crippen molar-refractivity contribution in [1.29, 1.82) is 0 Å². The van der Waals surface area contributed by atoms with Crippen molar-refractivity contribution in [3.05, 3.63) is 23.3 Å². The number of ketones is 2. The lowest BCUT2D eigenvalue weighted by Crippen LogP contribution is -2.64. The zero-order chi connectivity index (χ0) is 42.2. The van der Waals surface area contributed by atoms with Crippen LogP contribution in [0.25, 0.3) is 0 Å². The van der Waals surface area contributed by atoms with Gasteiger partial charge < -0.3 is 38.8 Å². The number of hydrogen-bond donors (Lipinski definition) is 2. The number of carbonyl (C=O) groups is 4. The monoisotopic (exact) mass is 867 g/mol. The molecule has 324 valence electrons. The van der Waals surface area contributed by atoms with Gasteiger partial charge in [0.2, 0.25) is 5.79 Å². The molecule has 13 atom stereocenters. The molecule has 1 amide bonds. The summed E-state index contributed by atoms with van der Waals surface area (Å²) in [7, 11) is 4.78. The van der Waals surface area contributed by atoms with Crippen molar-refractivity contribution >= 4 is 39.4 Å². The van der Waals surface area contributed by atoms with Crippen LogP contribution in [0, 0.1) is 23.7 Å². The maximum absolute atomic E-state index is 14.4. The van der Waals surface area contributed by atoms with Gasteiger partial charge in [0.1, 0.15) is 24.0 Å². The van der Waals surface area contributed by atoms with E-state index >= 15 is 0 Å². The van der Waals surface area contributed by atoms with E-state index in [2.05, 4.69) is 22.9 Å². The van der Waals surface area contributed by atoms with Crippen molar-refractivity contribution in [2.24, 2.45) is 23.7 Å². The fraction of sp³-hybridized carbons (Fsp3) is 0.818. The van der Waals surface area contributed by atoms with E-state index in [4.69, 9.17) is 23.7 Å². The minimum absolute atomic E-state index is 0.0445. The Morgan fingerprint density at radius 2 is 1.68 bits per heavy atom. The van der Waals surface area contributed by atoms with Crippen LogP contribution in [-0.4, -0.2) is 119 Å². The molecule has 3 heterocycles. The van der Waals surface area contributed by atoms with Gasteiger partial charge in [-0.25, -0.2) is 4.79 Å². The van der Waals surface area contributed by atoms with Gasteiger partial charge in [0, 0.05) is 56.4 Å². The van der Waals surface area contributed by atoms with Gasteiger partial charge in [-0.1, -0.05) is 67.8 Å². The summed E-state index contributed by atoms with van der Waals surface area (Å²) < 4.78 is 29.6. The highest BCUT2D eigenvalue weighted by atomic mass is 79.9. The first-order valence-corrected chi connectivity index (χ1v) is 22.0. The number of alkyl halides is 1. The van der Waals surface area contributed by atoms with E-state index in [9.17, 15) is 29.4 Å². The summed E-state index contributed by atoms with van der Waals surface area (Å²) in [5.41, 5.74) is 1.71. The standard InChI is InChI=1S/C44H70BrNO11/c1-10-14-31-20-26(2)19-27(3)21-36(54-8)39-37(55-9)22-29(5)44(52,57-39)40(49)41(50)46-18-12-11-16-33(46)42(51)56-38(30(6)34(47)23-35(31)48)28(4)24-43(45)17-13-15-32(25-43)53-7/h20,24,27,29-34,36-39,47,52H,10-19,21-23,25H2,1-9H3. The molecule has 1 saturated carbocycles. The van der Waals surface area contributed by atoms with E-state index in [1.54, 1.807) is 35.2 Å². The van der Waals surface area contributed by atoms with E-state index in [0.717, 1.165) is 31.3 Å². The minimum Gasteiger partial charge on any atom is -0.456 e. The zero-order valence-corrected chi connectivity index (χ0v) is 37.4. The number of Topliss-reactive ketones (excluding diaryl/α,β-unsaturated/α-hetero) is 2. The van der Waals surface area contributed by atoms with E-state index in [0.29, 0.717) is 44.1 Å². The number of esters is 1. The number of ether oxygens (including phenoxy) is 5. The Morgan fingerprint density at radius 1 is 1.00 bits per heavy atom. The largest absolute Gasteiger partial charge is 0.456 e. The summed E-state index contributed by atoms with van der Waals surface area (Å²) in [5, 5.41) is 23.8. The van der Waals surface area contributed by atoms with Crippen LogP contribution in [0.4, 0.5) is 0 Å². The molecule has 4 aliphatic rings. The average Bonchev–Trinajstić information content (AvgIpc) is 3.18. The second-order valence-corrected chi connectivity index (χ2v) is 19.2. The number of amides is 1. The predicted octanol–water partition coefficient (Wildman–Crippen LogP) is 6.41. The molecule has 3 aliphatic heterocycles. The van der Waals surface area contributed by atoms with Crippen LogP contribution in [0.3, 0.4) is 0 Å². The molecule has 0 aromatic heterocycles. The summed E-state index contributed by atoms with van der Waals surface area (Å²) in [6, 6.07) is -1.12. The topological polar surface area (TPSA) is 158 Å². The first-order valence-electron chi connectivity index (χ1n) is 21.2. The first kappa shape index (κ1) is 47.7. The van der Waals surface area contributed by atoms with Gasteiger partial charge in [0.05, 0.1) is 24.4 Å². The maximum atomic E-state index is 14.4. The van der Waals surface area contributed by atoms with Crippen molar-refractivity contribution in [3.63, 3.8) is 0 Å². The molecule has 0 radical (unpaired) electrons. The molecule has 0 aromatic rings.